The van der Waals surface area contributed by atoms with E-state index < -0.39 is 0 Å². The van der Waals surface area contributed by atoms with Gasteiger partial charge in [0.05, 0.1) is 0 Å². The molecule has 0 spiro atoms. The molecule has 2 rings (SSSR count). The summed E-state index contributed by atoms with van der Waals surface area (Å²) in [6, 6.07) is 6.60. The maximum atomic E-state index is 3.35. The first-order chi connectivity index (χ1) is 6.90. The largest absolute Gasteiger partial charge is 0.381 e. The third-order valence-corrected chi connectivity index (χ3v) is 2.23. The standard InChI is InChI=1S/C11H13N.C2H6/c1-2-9-5-6-10-4-3-7-12-11(10)8-9;1-2/h3-6,8,12H,2,7H2,1H3;1-2H3. The van der Waals surface area contributed by atoms with Crippen LogP contribution in [0.15, 0.2) is 24.3 Å². The van der Waals surface area contributed by atoms with E-state index in [1.165, 1.54) is 16.8 Å². The van der Waals surface area contributed by atoms with Crippen molar-refractivity contribution in [3.05, 3.63) is 35.4 Å². The summed E-state index contributed by atoms with van der Waals surface area (Å²) in [6.45, 7) is 7.14. The second-order valence-electron chi connectivity index (χ2n) is 3.06. The molecule has 0 saturated heterocycles. The summed E-state index contributed by atoms with van der Waals surface area (Å²) < 4.78 is 0. The van der Waals surface area contributed by atoms with Gasteiger partial charge in [-0.1, -0.05) is 45.1 Å². The first kappa shape index (κ1) is 10.8. The molecule has 1 aromatic carbocycles. The highest BCUT2D eigenvalue weighted by atomic mass is 14.9. The predicted octanol–water partition coefficient (Wildman–Crippen LogP) is 3.71. The van der Waals surface area contributed by atoms with Gasteiger partial charge in [-0.15, -0.1) is 0 Å². The second kappa shape index (κ2) is 5.48. The van der Waals surface area contributed by atoms with E-state index in [2.05, 4.69) is 42.6 Å². The molecule has 0 aromatic heterocycles. The van der Waals surface area contributed by atoms with Crippen LogP contribution in [0.3, 0.4) is 0 Å². The molecule has 14 heavy (non-hydrogen) atoms. The van der Waals surface area contributed by atoms with E-state index in [1.807, 2.05) is 13.8 Å². The molecule has 1 heteroatoms. The summed E-state index contributed by atoms with van der Waals surface area (Å²) in [7, 11) is 0. The maximum absolute atomic E-state index is 3.35. The minimum Gasteiger partial charge on any atom is -0.381 e. The van der Waals surface area contributed by atoms with E-state index in [0.717, 1.165) is 13.0 Å². The Morgan fingerprint density at radius 3 is 2.79 bits per heavy atom. The Morgan fingerprint density at radius 1 is 1.29 bits per heavy atom. The molecule has 0 saturated carbocycles. The smallest absolute Gasteiger partial charge is 0.0418 e. The summed E-state index contributed by atoms with van der Waals surface area (Å²) in [4.78, 5) is 0. The number of rotatable bonds is 1. The van der Waals surface area contributed by atoms with Crippen LogP contribution >= 0.6 is 0 Å². The second-order valence-corrected chi connectivity index (χ2v) is 3.06. The normalized spacial score (nSPS) is 12.2. The minimum absolute atomic E-state index is 0.958. The Labute approximate surface area is 86.8 Å². The molecule has 0 fully saturated rings. The quantitative estimate of drug-likeness (QED) is 0.710. The van der Waals surface area contributed by atoms with Crippen LogP contribution in [-0.2, 0) is 6.42 Å². The topological polar surface area (TPSA) is 12.0 Å². The van der Waals surface area contributed by atoms with Crippen molar-refractivity contribution in [1.82, 2.24) is 0 Å². The van der Waals surface area contributed by atoms with Gasteiger partial charge in [0.25, 0.3) is 0 Å². The molecule has 0 unspecified atom stereocenters. The number of aryl methyl sites for hydroxylation is 1. The van der Waals surface area contributed by atoms with Gasteiger partial charge < -0.3 is 5.32 Å². The van der Waals surface area contributed by atoms with E-state index in [1.54, 1.807) is 0 Å². The van der Waals surface area contributed by atoms with Gasteiger partial charge in [-0.3, -0.25) is 0 Å². The SMILES string of the molecule is CC.CCc1ccc2c(c1)NCC=C2. The van der Waals surface area contributed by atoms with Crippen LogP contribution in [0.4, 0.5) is 5.69 Å². The monoisotopic (exact) mass is 189 g/mol. The number of nitrogens with one attached hydrogen (secondary N) is 1. The van der Waals surface area contributed by atoms with E-state index in [-0.39, 0.29) is 0 Å². The molecule has 1 N–H and O–H groups in total. The Bertz CT molecular complexity index is 313. The predicted molar refractivity (Wildman–Crippen MR) is 64.7 cm³/mol. The Balaban J connectivity index is 0.000000461. The lowest BCUT2D eigenvalue weighted by atomic mass is 10.1. The van der Waals surface area contributed by atoms with E-state index in [4.69, 9.17) is 0 Å². The molecule has 0 radical (unpaired) electrons. The highest BCUT2D eigenvalue weighted by molar-refractivity contribution is 5.70. The molecule has 1 aliphatic rings. The van der Waals surface area contributed by atoms with Crippen molar-refractivity contribution in [3.8, 4) is 0 Å². The molecule has 1 aliphatic heterocycles. The van der Waals surface area contributed by atoms with Crippen LogP contribution in [0.2, 0.25) is 0 Å². The van der Waals surface area contributed by atoms with Crippen molar-refractivity contribution in [2.75, 3.05) is 11.9 Å². The van der Waals surface area contributed by atoms with Gasteiger partial charge in [0.2, 0.25) is 0 Å². The molecule has 1 aromatic rings. The van der Waals surface area contributed by atoms with Crippen LogP contribution in [0.1, 0.15) is 31.9 Å². The van der Waals surface area contributed by atoms with Crippen molar-refractivity contribution in [3.63, 3.8) is 0 Å². The van der Waals surface area contributed by atoms with Gasteiger partial charge in [0, 0.05) is 12.2 Å². The average molecular weight is 189 g/mol. The van der Waals surface area contributed by atoms with E-state index >= 15 is 0 Å². The Hall–Kier alpha value is -1.24. The molecular weight excluding hydrogens is 170 g/mol. The Morgan fingerprint density at radius 2 is 2.07 bits per heavy atom. The molecule has 0 amide bonds. The molecular formula is C13H19N. The highest BCUT2D eigenvalue weighted by Crippen LogP contribution is 2.21. The number of fused-ring (bicyclic) bond motifs is 1. The highest BCUT2D eigenvalue weighted by Gasteiger charge is 2.02. The van der Waals surface area contributed by atoms with E-state index in [9.17, 15) is 0 Å². The van der Waals surface area contributed by atoms with Crippen LogP contribution in [0.25, 0.3) is 6.08 Å². The van der Waals surface area contributed by atoms with Crippen LogP contribution in [0, 0.1) is 0 Å². The lowest BCUT2D eigenvalue weighted by molar-refractivity contribution is 1.13. The van der Waals surface area contributed by atoms with Gasteiger partial charge >= 0.3 is 0 Å². The fourth-order valence-electron chi connectivity index (χ4n) is 1.48. The van der Waals surface area contributed by atoms with E-state index in [0.29, 0.717) is 0 Å². The van der Waals surface area contributed by atoms with Crippen molar-refractivity contribution in [1.29, 1.82) is 0 Å². The molecule has 0 atom stereocenters. The fourth-order valence-corrected chi connectivity index (χ4v) is 1.48. The van der Waals surface area contributed by atoms with Crippen molar-refractivity contribution < 1.29 is 0 Å². The Kier molecular flexibility index (Phi) is 4.24. The summed E-state index contributed by atoms with van der Waals surface area (Å²) in [6.07, 6.45) is 5.43. The third kappa shape index (κ3) is 2.38. The van der Waals surface area contributed by atoms with Crippen LogP contribution in [0.5, 0.6) is 0 Å². The van der Waals surface area contributed by atoms with Gasteiger partial charge in [-0.05, 0) is 23.6 Å². The van der Waals surface area contributed by atoms with Crippen molar-refractivity contribution in [2.45, 2.75) is 27.2 Å². The summed E-state index contributed by atoms with van der Waals surface area (Å²) in [5.74, 6) is 0. The molecule has 0 bridgehead atoms. The third-order valence-electron chi connectivity index (χ3n) is 2.23. The molecule has 1 nitrogen and oxygen atoms in total. The summed E-state index contributed by atoms with van der Waals surface area (Å²) >= 11 is 0. The van der Waals surface area contributed by atoms with Crippen molar-refractivity contribution in [2.24, 2.45) is 0 Å². The number of hydrogen-bond acceptors (Lipinski definition) is 1. The zero-order valence-electron chi connectivity index (χ0n) is 9.30. The maximum Gasteiger partial charge on any atom is 0.0418 e. The van der Waals surface area contributed by atoms with Gasteiger partial charge in [-0.2, -0.15) is 0 Å². The minimum atomic E-state index is 0.958. The van der Waals surface area contributed by atoms with Crippen LogP contribution in [-0.4, -0.2) is 6.54 Å². The number of hydrogen-bond donors (Lipinski definition) is 1. The number of benzene rings is 1. The summed E-state index contributed by atoms with van der Waals surface area (Å²) in [5, 5.41) is 3.35. The molecule has 76 valence electrons. The van der Waals surface area contributed by atoms with Gasteiger partial charge in [-0.25, -0.2) is 0 Å². The lowest BCUT2D eigenvalue weighted by Gasteiger charge is -2.13. The number of anilines is 1. The van der Waals surface area contributed by atoms with Gasteiger partial charge in [0.15, 0.2) is 0 Å². The fraction of sp³-hybridized carbons (Fsp3) is 0.385. The van der Waals surface area contributed by atoms with Gasteiger partial charge in [0.1, 0.15) is 0 Å². The zero-order valence-corrected chi connectivity index (χ0v) is 9.30. The molecule has 1 heterocycles. The molecule has 0 aliphatic carbocycles. The first-order valence-electron chi connectivity index (χ1n) is 5.43. The average Bonchev–Trinajstić information content (AvgIpc) is 2.31. The van der Waals surface area contributed by atoms with Crippen LogP contribution < -0.4 is 5.32 Å². The van der Waals surface area contributed by atoms with Crippen molar-refractivity contribution >= 4 is 11.8 Å². The summed E-state index contributed by atoms with van der Waals surface area (Å²) in [5.41, 5.74) is 3.98. The zero-order chi connectivity index (χ0) is 10.4. The lowest BCUT2D eigenvalue weighted by Crippen LogP contribution is -2.04. The first-order valence-corrected chi connectivity index (χ1v) is 5.43.